The van der Waals surface area contributed by atoms with E-state index in [0.717, 1.165) is 11.1 Å². The van der Waals surface area contributed by atoms with Gasteiger partial charge < -0.3 is 14.4 Å². The Morgan fingerprint density at radius 1 is 1.10 bits per heavy atom. The summed E-state index contributed by atoms with van der Waals surface area (Å²) in [4.78, 5) is 35.7. The molecule has 154 valence electrons. The van der Waals surface area contributed by atoms with Crippen LogP contribution in [0.25, 0.3) is 11.4 Å². The zero-order chi connectivity index (χ0) is 20.8. The summed E-state index contributed by atoms with van der Waals surface area (Å²) in [5, 5.41) is 0. The number of carbonyl (C=O) groups excluding carboxylic acids is 2. The van der Waals surface area contributed by atoms with Gasteiger partial charge in [-0.25, -0.2) is 14.8 Å². The molecule has 1 aliphatic heterocycles. The molecule has 1 fully saturated rings. The third kappa shape index (κ3) is 4.72. The molecule has 7 nitrogen and oxygen atoms in total. The molecule has 1 aromatic heterocycles. The van der Waals surface area contributed by atoms with Crippen molar-refractivity contribution < 1.29 is 19.1 Å². The average Bonchev–Trinajstić information content (AvgIpc) is 2.74. The summed E-state index contributed by atoms with van der Waals surface area (Å²) >= 11 is 0. The number of rotatable bonds is 6. The van der Waals surface area contributed by atoms with E-state index in [2.05, 4.69) is 4.98 Å². The molecular formula is C22H27N3O4. The molecule has 3 rings (SSSR count). The van der Waals surface area contributed by atoms with E-state index in [4.69, 9.17) is 14.5 Å². The zero-order valence-corrected chi connectivity index (χ0v) is 17.2. The van der Waals surface area contributed by atoms with Crippen LogP contribution in [0.15, 0.2) is 30.5 Å². The zero-order valence-electron chi connectivity index (χ0n) is 17.2. The summed E-state index contributed by atoms with van der Waals surface area (Å²) < 4.78 is 10.3. The first-order valence-electron chi connectivity index (χ1n) is 10.1. The Kier molecular flexibility index (Phi) is 6.80. The second-order valence-corrected chi connectivity index (χ2v) is 6.98. The highest BCUT2D eigenvalue weighted by molar-refractivity contribution is 5.95. The molecule has 0 atom stereocenters. The minimum Gasteiger partial charge on any atom is -0.466 e. The summed E-state index contributed by atoms with van der Waals surface area (Å²) in [6.45, 7) is 7.47. The quantitative estimate of drug-likeness (QED) is 0.691. The van der Waals surface area contributed by atoms with Crippen LogP contribution in [0.4, 0.5) is 5.82 Å². The number of esters is 2. The Bertz CT molecular complexity index is 876. The van der Waals surface area contributed by atoms with Gasteiger partial charge in [0.15, 0.2) is 5.82 Å². The standard InChI is InChI=1S/C22H27N3O4/c1-4-28-21(26)16-10-12-25(13-11-16)20-18(22(27)29-5-2)14-23-19(24-20)17-9-7-6-8-15(17)3/h6-9,14,16H,4-5,10-13H2,1-3H3. The first-order valence-corrected chi connectivity index (χ1v) is 10.1. The van der Waals surface area contributed by atoms with E-state index in [-0.39, 0.29) is 18.5 Å². The molecule has 0 aliphatic carbocycles. The molecular weight excluding hydrogens is 370 g/mol. The number of anilines is 1. The summed E-state index contributed by atoms with van der Waals surface area (Å²) in [6, 6.07) is 7.87. The number of aryl methyl sites for hydroxylation is 1. The number of hydrogen-bond acceptors (Lipinski definition) is 7. The maximum absolute atomic E-state index is 12.5. The lowest BCUT2D eigenvalue weighted by molar-refractivity contribution is -0.148. The van der Waals surface area contributed by atoms with Crippen LogP contribution < -0.4 is 4.90 Å². The van der Waals surface area contributed by atoms with Gasteiger partial charge in [-0.1, -0.05) is 24.3 Å². The highest BCUT2D eigenvalue weighted by Gasteiger charge is 2.29. The topological polar surface area (TPSA) is 81.6 Å². The fourth-order valence-electron chi connectivity index (χ4n) is 3.51. The summed E-state index contributed by atoms with van der Waals surface area (Å²) in [5.41, 5.74) is 2.33. The van der Waals surface area contributed by atoms with Crippen LogP contribution in [0.2, 0.25) is 0 Å². The lowest BCUT2D eigenvalue weighted by atomic mass is 9.96. The fraction of sp³-hybridized carbons (Fsp3) is 0.455. The number of piperidine rings is 1. The van der Waals surface area contributed by atoms with E-state index >= 15 is 0 Å². The molecule has 7 heteroatoms. The summed E-state index contributed by atoms with van der Waals surface area (Å²) in [7, 11) is 0. The Balaban J connectivity index is 1.90. The molecule has 0 unspecified atom stereocenters. The SMILES string of the molecule is CCOC(=O)c1cnc(-c2ccccc2C)nc1N1CCC(C(=O)OCC)CC1. The molecule has 0 radical (unpaired) electrons. The van der Waals surface area contributed by atoms with Crippen LogP contribution >= 0.6 is 0 Å². The van der Waals surface area contributed by atoms with Crippen molar-refractivity contribution in [3.63, 3.8) is 0 Å². The van der Waals surface area contributed by atoms with Crippen LogP contribution in [0, 0.1) is 12.8 Å². The van der Waals surface area contributed by atoms with Crippen LogP contribution in [0.1, 0.15) is 42.6 Å². The molecule has 1 aliphatic rings. The number of carbonyl (C=O) groups is 2. The first kappa shape index (κ1) is 20.8. The van der Waals surface area contributed by atoms with Gasteiger partial charge in [0.2, 0.25) is 0 Å². The molecule has 0 N–H and O–H groups in total. The molecule has 0 spiro atoms. The highest BCUT2D eigenvalue weighted by Crippen LogP contribution is 2.29. The lowest BCUT2D eigenvalue weighted by Crippen LogP contribution is -2.38. The van der Waals surface area contributed by atoms with E-state index in [1.165, 1.54) is 0 Å². The third-order valence-corrected chi connectivity index (χ3v) is 5.06. The van der Waals surface area contributed by atoms with E-state index in [9.17, 15) is 9.59 Å². The van der Waals surface area contributed by atoms with Crippen LogP contribution in [0.5, 0.6) is 0 Å². The van der Waals surface area contributed by atoms with Gasteiger partial charge in [-0.15, -0.1) is 0 Å². The van der Waals surface area contributed by atoms with Gasteiger partial charge in [0.05, 0.1) is 19.1 Å². The van der Waals surface area contributed by atoms with Gasteiger partial charge in [-0.3, -0.25) is 4.79 Å². The van der Waals surface area contributed by atoms with Crippen molar-refractivity contribution in [2.24, 2.45) is 5.92 Å². The van der Waals surface area contributed by atoms with E-state index < -0.39 is 5.97 Å². The third-order valence-electron chi connectivity index (χ3n) is 5.06. The second kappa shape index (κ2) is 9.49. The van der Waals surface area contributed by atoms with E-state index in [1.54, 1.807) is 13.1 Å². The van der Waals surface area contributed by atoms with Crippen molar-refractivity contribution >= 4 is 17.8 Å². The van der Waals surface area contributed by atoms with Gasteiger partial charge in [0.1, 0.15) is 11.4 Å². The van der Waals surface area contributed by atoms with Crippen molar-refractivity contribution in [2.75, 3.05) is 31.2 Å². The predicted molar refractivity (Wildman–Crippen MR) is 110 cm³/mol. The van der Waals surface area contributed by atoms with Crippen LogP contribution in [0.3, 0.4) is 0 Å². The van der Waals surface area contributed by atoms with Crippen LogP contribution in [-0.2, 0) is 14.3 Å². The molecule has 1 saturated heterocycles. The van der Waals surface area contributed by atoms with Crippen LogP contribution in [-0.4, -0.2) is 48.2 Å². The van der Waals surface area contributed by atoms with Crippen molar-refractivity contribution in [2.45, 2.75) is 33.6 Å². The smallest absolute Gasteiger partial charge is 0.343 e. The maximum atomic E-state index is 12.5. The van der Waals surface area contributed by atoms with Crippen molar-refractivity contribution in [3.8, 4) is 11.4 Å². The monoisotopic (exact) mass is 397 g/mol. The van der Waals surface area contributed by atoms with Gasteiger partial charge >= 0.3 is 11.9 Å². The largest absolute Gasteiger partial charge is 0.466 e. The van der Waals surface area contributed by atoms with Gasteiger partial charge in [0, 0.05) is 24.8 Å². The van der Waals surface area contributed by atoms with Gasteiger partial charge in [-0.2, -0.15) is 0 Å². The number of ether oxygens (including phenoxy) is 2. The highest BCUT2D eigenvalue weighted by atomic mass is 16.5. The average molecular weight is 397 g/mol. The number of nitrogens with zero attached hydrogens (tertiary/aromatic N) is 3. The van der Waals surface area contributed by atoms with Gasteiger partial charge in [-0.05, 0) is 39.2 Å². The van der Waals surface area contributed by atoms with Crippen molar-refractivity contribution in [1.82, 2.24) is 9.97 Å². The lowest BCUT2D eigenvalue weighted by Gasteiger charge is -2.32. The Morgan fingerprint density at radius 3 is 2.45 bits per heavy atom. The summed E-state index contributed by atoms with van der Waals surface area (Å²) in [6.07, 6.45) is 2.86. The van der Waals surface area contributed by atoms with E-state index in [0.29, 0.717) is 49.7 Å². The molecule has 29 heavy (non-hydrogen) atoms. The normalized spacial score (nSPS) is 14.5. The second-order valence-electron chi connectivity index (χ2n) is 6.98. The molecule has 0 saturated carbocycles. The molecule has 2 heterocycles. The van der Waals surface area contributed by atoms with E-state index in [1.807, 2.05) is 43.0 Å². The molecule has 0 bridgehead atoms. The Hall–Kier alpha value is -2.96. The fourth-order valence-corrected chi connectivity index (χ4v) is 3.51. The summed E-state index contributed by atoms with van der Waals surface area (Å²) in [5.74, 6) is 0.417. The maximum Gasteiger partial charge on any atom is 0.343 e. The molecule has 1 aromatic carbocycles. The number of hydrogen-bond donors (Lipinski definition) is 0. The number of benzene rings is 1. The minimum atomic E-state index is -0.439. The van der Waals surface area contributed by atoms with Crippen molar-refractivity contribution in [1.29, 1.82) is 0 Å². The Labute approximate surface area is 171 Å². The molecule has 2 aromatic rings. The first-order chi connectivity index (χ1) is 14.0. The van der Waals surface area contributed by atoms with Crippen molar-refractivity contribution in [3.05, 3.63) is 41.6 Å². The Morgan fingerprint density at radius 2 is 1.79 bits per heavy atom. The molecule has 0 amide bonds. The van der Waals surface area contributed by atoms with Gasteiger partial charge in [0.25, 0.3) is 0 Å². The minimum absolute atomic E-state index is 0.116. The number of aromatic nitrogens is 2. The predicted octanol–water partition coefficient (Wildman–Crippen LogP) is 3.41.